The number of hydrogen-bond donors (Lipinski definition) is 9. The molecule has 12 unspecified atom stereocenters. The highest BCUT2D eigenvalue weighted by molar-refractivity contribution is 5.76. The Balaban J connectivity index is 1.82. The van der Waals surface area contributed by atoms with Gasteiger partial charge >= 0.3 is 0 Å². The Morgan fingerprint density at radius 1 is 0.529 bits per heavy atom. The molecular formula is C56H97NO13. The zero-order valence-electron chi connectivity index (χ0n) is 43.0. The van der Waals surface area contributed by atoms with Gasteiger partial charge in [0.25, 0.3) is 0 Å². The quantitative estimate of drug-likeness (QED) is 0.0209. The van der Waals surface area contributed by atoms with E-state index in [-0.39, 0.29) is 18.9 Å². The molecule has 12 atom stereocenters. The van der Waals surface area contributed by atoms with Gasteiger partial charge in [-0.25, -0.2) is 0 Å². The van der Waals surface area contributed by atoms with Crippen molar-refractivity contribution in [1.29, 1.82) is 0 Å². The maximum atomic E-state index is 13.2. The number of amides is 1. The molecule has 14 nitrogen and oxygen atoms in total. The van der Waals surface area contributed by atoms with Crippen molar-refractivity contribution < 1.29 is 64.6 Å². The summed E-state index contributed by atoms with van der Waals surface area (Å²) in [6.45, 7) is 2.64. The van der Waals surface area contributed by atoms with Gasteiger partial charge in [0.2, 0.25) is 5.91 Å². The number of carbonyl (C=O) groups is 1. The summed E-state index contributed by atoms with van der Waals surface area (Å²) in [7, 11) is 0. The van der Waals surface area contributed by atoms with E-state index >= 15 is 0 Å². The van der Waals surface area contributed by atoms with Crippen LogP contribution in [0.4, 0.5) is 0 Å². The van der Waals surface area contributed by atoms with E-state index < -0.39 is 86.8 Å². The fourth-order valence-electron chi connectivity index (χ4n) is 8.47. The second-order valence-corrected chi connectivity index (χ2v) is 19.0. The van der Waals surface area contributed by atoms with Crippen LogP contribution in [0.1, 0.15) is 181 Å². The summed E-state index contributed by atoms with van der Waals surface area (Å²) in [5.74, 6) is -0.261. The predicted octanol–water partition coefficient (Wildman–Crippen LogP) is 7.99. The van der Waals surface area contributed by atoms with Gasteiger partial charge in [-0.3, -0.25) is 4.79 Å². The number of aliphatic hydroxyl groups is 8. The van der Waals surface area contributed by atoms with E-state index in [1.54, 1.807) is 6.08 Å². The van der Waals surface area contributed by atoms with E-state index in [0.29, 0.717) is 12.8 Å². The molecule has 2 heterocycles. The smallest absolute Gasteiger partial charge is 0.220 e. The lowest BCUT2D eigenvalue weighted by molar-refractivity contribution is -0.359. The largest absolute Gasteiger partial charge is 0.394 e. The molecule has 0 aromatic heterocycles. The highest BCUT2D eigenvalue weighted by Gasteiger charge is 2.51. The van der Waals surface area contributed by atoms with Gasteiger partial charge in [0.1, 0.15) is 48.8 Å². The fourth-order valence-corrected chi connectivity index (χ4v) is 8.47. The molecule has 2 aliphatic heterocycles. The van der Waals surface area contributed by atoms with Crippen molar-refractivity contribution in [3.8, 4) is 0 Å². The number of allylic oxidation sites excluding steroid dienone is 11. The average Bonchev–Trinajstić information content (AvgIpc) is 3.36. The van der Waals surface area contributed by atoms with Crippen molar-refractivity contribution in [2.24, 2.45) is 0 Å². The molecular weight excluding hydrogens is 895 g/mol. The Kier molecular flexibility index (Phi) is 38.0. The molecule has 2 saturated heterocycles. The topological polar surface area (TPSA) is 228 Å². The number of hydrogen-bond acceptors (Lipinski definition) is 13. The highest BCUT2D eigenvalue weighted by Crippen LogP contribution is 2.30. The molecule has 2 aliphatic rings. The number of aliphatic hydroxyl groups excluding tert-OH is 8. The van der Waals surface area contributed by atoms with Crippen LogP contribution in [0.5, 0.6) is 0 Å². The number of ether oxygens (including phenoxy) is 4. The molecule has 1 amide bonds. The van der Waals surface area contributed by atoms with Crippen LogP contribution in [0, 0.1) is 0 Å². The van der Waals surface area contributed by atoms with Gasteiger partial charge in [-0.2, -0.15) is 0 Å². The summed E-state index contributed by atoms with van der Waals surface area (Å²) in [5.41, 5.74) is 0. The number of nitrogens with one attached hydrogen (secondary N) is 1. The normalized spacial score (nSPS) is 26.5. The Bertz CT molecular complexity index is 1450. The summed E-state index contributed by atoms with van der Waals surface area (Å²) >= 11 is 0. The lowest BCUT2D eigenvalue weighted by Gasteiger charge is -2.46. The van der Waals surface area contributed by atoms with E-state index in [2.05, 4.69) is 79.9 Å². The molecule has 404 valence electrons. The van der Waals surface area contributed by atoms with Crippen LogP contribution in [-0.2, 0) is 23.7 Å². The highest BCUT2D eigenvalue weighted by atomic mass is 16.7. The first kappa shape index (κ1) is 63.5. The van der Waals surface area contributed by atoms with Gasteiger partial charge in [-0.05, 0) is 70.6 Å². The van der Waals surface area contributed by atoms with E-state index in [9.17, 15) is 45.6 Å². The summed E-state index contributed by atoms with van der Waals surface area (Å²) in [4.78, 5) is 13.2. The minimum Gasteiger partial charge on any atom is -0.394 e. The minimum absolute atomic E-state index is 0.260. The number of carbonyl (C=O) groups excluding carboxylic acids is 1. The van der Waals surface area contributed by atoms with Crippen molar-refractivity contribution in [3.63, 3.8) is 0 Å². The van der Waals surface area contributed by atoms with E-state index in [4.69, 9.17) is 18.9 Å². The lowest BCUT2D eigenvalue weighted by atomic mass is 9.97. The lowest BCUT2D eigenvalue weighted by Crippen LogP contribution is -2.65. The van der Waals surface area contributed by atoms with Gasteiger partial charge < -0.3 is 65.1 Å². The molecule has 0 saturated carbocycles. The van der Waals surface area contributed by atoms with Crippen molar-refractivity contribution >= 4 is 5.91 Å². The van der Waals surface area contributed by atoms with Gasteiger partial charge in [0.15, 0.2) is 12.6 Å². The first-order valence-electron chi connectivity index (χ1n) is 27.2. The van der Waals surface area contributed by atoms with Crippen LogP contribution in [0.25, 0.3) is 0 Å². The first-order chi connectivity index (χ1) is 34.1. The third kappa shape index (κ3) is 28.0. The van der Waals surface area contributed by atoms with Crippen LogP contribution in [0.2, 0.25) is 0 Å². The molecule has 0 aromatic carbocycles. The Hall–Kier alpha value is -2.57. The summed E-state index contributed by atoms with van der Waals surface area (Å²) < 4.78 is 22.7. The summed E-state index contributed by atoms with van der Waals surface area (Å²) in [6, 6.07) is -0.939. The molecule has 9 N–H and O–H groups in total. The zero-order valence-corrected chi connectivity index (χ0v) is 43.0. The molecule has 0 radical (unpaired) electrons. The van der Waals surface area contributed by atoms with Crippen LogP contribution >= 0.6 is 0 Å². The van der Waals surface area contributed by atoms with Crippen molar-refractivity contribution in [3.05, 3.63) is 72.9 Å². The third-order valence-corrected chi connectivity index (χ3v) is 12.9. The molecule has 14 heteroatoms. The molecule has 0 bridgehead atoms. The molecule has 0 aromatic rings. The third-order valence-electron chi connectivity index (χ3n) is 12.9. The molecule has 2 fully saturated rings. The van der Waals surface area contributed by atoms with Crippen molar-refractivity contribution in [2.45, 2.75) is 254 Å². The van der Waals surface area contributed by atoms with Crippen molar-refractivity contribution in [1.82, 2.24) is 5.32 Å². The fraction of sp³-hybridized carbons (Fsp3) is 0.768. The molecule has 70 heavy (non-hydrogen) atoms. The van der Waals surface area contributed by atoms with Crippen LogP contribution in [-0.4, -0.2) is 140 Å². The average molecular weight is 992 g/mol. The Morgan fingerprint density at radius 2 is 1.00 bits per heavy atom. The maximum absolute atomic E-state index is 13.2. The van der Waals surface area contributed by atoms with E-state index in [1.807, 2.05) is 6.08 Å². The molecule has 2 rings (SSSR count). The SMILES string of the molecule is CC/C=C\C/C=C\C/C=C\C/C=C\CCCCCCCCCCC(=O)NC(COC1OC(CO)C(OC2OC(CO)C(O)C(O)C2O)C(O)C1O)C(O)/C=C/CC/C=C/CCCCCCCCCCC. The first-order valence-corrected chi connectivity index (χ1v) is 27.2. The second-order valence-electron chi connectivity index (χ2n) is 19.0. The van der Waals surface area contributed by atoms with Gasteiger partial charge in [-0.15, -0.1) is 0 Å². The van der Waals surface area contributed by atoms with Gasteiger partial charge in [0.05, 0.1) is 32.0 Å². The van der Waals surface area contributed by atoms with Gasteiger partial charge in [0, 0.05) is 6.42 Å². The monoisotopic (exact) mass is 992 g/mol. The van der Waals surface area contributed by atoms with Gasteiger partial charge in [-0.1, -0.05) is 177 Å². The number of unbranched alkanes of at least 4 members (excludes halogenated alkanes) is 18. The Morgan fingerprint density at radius 3 is 1.57 bits per heavy atom. The Labute approximate surface area is 421 Å². The summed E-state index contributed by atoms with van der Waals surface area (Å²) in [5, 5.41) is 86.8. The zero-order chi connectivity index (χ0) is 51.0. The molecule has 0 spiro atoms. The van der Waals surface area contributed by atoms with Crippen molar-refractivity contribution in [2.75, 3.05) is 19.8 Å². The predicted molar refractivity (Wildman–Crippen MR) is 277 cm³/mol. The maximum Gasteiger partial charge on any atom is 0.220 e. The van der Waals surface area contributed by atoms with E-state index in [1.165, 1.54) is 77.0 Å². The minimum atomic E-state index is -1.79. The summed E-state index contributed by atoms with van der Waals surface area (Å²) in [6.07, 6.45) is 36.5. The molecule has 0 aliphatic carbocycles. The number of rotatable bonds is 41. The standard InChI is InChI=1S/C56H97NO13/c1-3-5-7-9-11-13-15-17-19-20-21-22-23-24-26-28-30-32-34-36-38-40-48(61)57-44(45(60)39-37-35-33-31-29-27-25-18-16-14-12-10-8-6-4-2)43-67-55-53(66)51(64)54(47(42-59)69-55)70-56-52(65)50(63)49(62)46(41-58)68-56/h5,7,11,13,17,19,21-22,29,31,37,39,44-47,49-56,58-60,62-66H,3-4,6,8-10,12,14-16,18,20,23-28,30,32-36,38,40-43H2,1-2H3,(H,57,61)/b7-5-,13-11-,19-17-,22-21-,31-29+,39-37+. The second kappa shape index (κ2) is 41.9. The van der Waals surface area contributed by atoms with Crippen LogP contribution in [0.3, 0.4) is 0 Å². The van der Waals surface area contributed by atoms with Crippen LogP contribution < -0.4 is 5.32 Å². The van der Waals surface area contributed by atoms with Crippen LogP contribution in [0.15, 0.2) is 72.9 Å². The van der Waals surface area contributed by atoms with E-state index in [0.717, 1.165) is 70.6 Å².